The molecule has 2 heterocycles. The number of anilines is 1. The van der Waals surface area contributed by atoms with Crippen LogP contribution in [0.3, 0.4) is 0 Å². The van der Waals surface area contributed by atoms with Gasteiger partial charge in [0.25, 0.3) is 5.91 Å². The first kappa shape index (κ1) is 67.2. The van der Waals surface area contributed by atoms with Crippen LogP contribution in [-0.4, -0.2) is 135 Å². The average molecular weight is 1190 g/mol. The molecule has 0 saturated heterocycles. The minimum Gasteiger partial charge on any atom is -0.398 e. The number of imidazole rings is 1. The summed E-state index contributed by atoms with van der Waals surface area (Å²) in [6.07, 6.45) is 4.00. The molecule has 26 nitrogen and oxygen atoms in total. The molecular weight excluding hydrogens is 1110 g/mol. The third-order valence-electron chi connectivity index (χ3n) is 13.9. The van der Waals surface area contributed by atoms with Gasteiger partial charge in [-0.1, -0.05) is 102 Å². The van der Waals surface area contributed by atoms with Crippen LogP contribution >= 0.6 is 0 Å². The Balaban J connectivity index is 1.29. The number of fused-ring (bicyclic) bond motifs is 1. The van der Waals surface area contributed by atoms with E-state index in [1.54, 1.807) is 80.7 Å². The van der Waals surface area contributed by atoms with E-state index in [1.165, 1.54) is 31.6 Å². The van der Waals surface area contributed by atoms with Gasteiger partial charge in [0.15, 0.2) is 0 Å². The second-order valence-corrected chi connectivity index (χ2v) is 22.3. The molecule has 5 aromatic rings. The van der Waals surface area contributed by atoms with Crippen LogP contribution in [-0.2, 0) is 67.2 Å². The fourth-order valence-corrected chi connectivity index (χ4v) is 9.33. The van der Waals surface area contributed by atoms with Gasteiger partial charge in [-0.15, -0.1) is 0 Å². The van der Waals surface area contributed by atoms with Gasteiger partial charge < -0.3 is 75.0 Å². The van der Waals surface area contributed by atoms with Gasteiger partial charge in [-0.05, 0) is 73.3 Å². The van der Waals surface area contributed by atoms with Crippen LogP contribution in [0.25, 0.3) is 10.9 Å². The minimum atomic E-state index is -1.49. The van der Waals surface area contributed by atoms with Crippen LogP contribution in [0.1, 0.15) is 101 Å². The highest BCUT2D eigenvalue weighted by molar-refractivity contribution is 6.02. The van der Waals surface area contributed by atoms with Crippen molar-refractivity contribution in [1.29, 1.82) is 0 Å². The number of nitrogen functional groups attached to an aromatic ring is 1. The van der Waals surface area contributed by atoms with Gasteiger partial charge in [0.1, 0.15) is 48.3 Å². The van der Waals surface area contributed by atoms with E-state index in [0.717, 1.165) is 5.52 Å². The fourth-order valence-electron chi connectivity index (χ4n) is 9.33. The topological polar surface area (TPSA) is 419 Å². The average Bonchev–Trinajstić information content (AvgIpc) is 3.31. The van der Waals surface area contributed by atoms with Crippen molar-refractivity contribution in [3.63, 3.8) is 0 Å². The molecule has 0 fully saturated rings. The highest BCUT2D eigenvalue weighted by Gasteiger charge is 2.35. The van der Waals surface area contributed by atoms with E-state index >= 15 is 0 Å². The molecule has 462 valence electrons. The maximum absolute atomic E-state index is 14.5. The number of nitrogens with zero attached hydrogens (tertiary/aromatic N) is 1. The first-order chi connectivity index (χ1) is 40.8. The van der Waals surface area contributed by atoms with E-state index in [4.69, 9.17) is 17.2 Å². The molecule has 2 aromatic heterocycles. The normalized spacial score (nSPS) is 14.0. The number of para-hydroxylation sites is 2. The second-order valence-electron chi connectivity index (χ2n) is 22.3. The van der Waals surface area contributed by atoms with Crippen LogP contribution in [0, 0.1) is 17.8 Å². The van der Waals surface area contributed by atoms with E-state index < -0.39 is 126 Å². The molecule has 0 aliphatic rings. The number of carbonyl (C=O) groups is 11. The van der Waals surface area contributed by atoms with Crippen LogP contribution in [0.4, 0.5) is 5.69 Å². The Bertz CT molecular complexity index is 3170. The Hall–Kier alpha value is -9.62. The number of H-pyrrole nitrogens is 2. The first-order valence-corrected chi connectivity index (χ1v) is 28.5. The number of hydrogen-bond acceptors (Lipinski definition) is 13. The number of nitrogens with one attached hydrogen (secondary N) is 11. The Morgan fingerprint density at radius 2 is 1.09 bits per heavy atom. The monoisotopic (exact) mass is 1190 g/mol. The van der Waals surface area contributed by atoms with Crippen LogP contribution in [0.15, 0.2) is 97.6 Å². The number of aromatic amines is 2. The molecule has 0 spiro atoms. The highest BCUT2D eigenvalue weighted by atomic mass is 16.2. The van der Waals surface area contributed by atoms with Crippen molar-refractivity contribution >= 4 is 81.6 Å². The lowest BCUT2D eigenvalue weighted by molar-refractivity contribution is -0.135. The largest absolute Gasteiger partial charge is 0.398 e. The van der Waals surface area contributed by atoms with Gasteiger partial charge in [-0.2, -0.15) is 0 Å². The summed E-state index contributed by atoms with van der Waals surface area (Å²) in [4.78, 5) is 160. The molecule has 0 unspecified atom stereocenters. The summed E-state index contributed by atoms with van der Waals surface area (Å²) in [6, 6.07) is 12.0. The van der Waals surface area contributed by atoms with E-state index in [-0.39, 0.29) is 68.0 Å². The molecule has 8 atom stereocenters. The molecule has 11 amide bonds. The highest BCUT2D eigenvalue weighted by Crippen LogP contribution is 2.20. The molecule has 17 N–H and O–H groups in total. The van der Waals surface area contributed by atoms with E-state index in [1.807, 2.05) is 33.8 Å². The molecule has 0 radical (unpaired) electrons. The van der Waals surface area contributed by atoms with Gasteiger partial charge in [-0.3, -0.25) is 52.7 Å². The number of primary amides is 2. The number of amides is 11. The molecule has 3 aromatic carbocycles. The maximum Gasteiger partial charge on any atom is 0.254 e. The van der Waals surface area contributed by atoms with Crippen molar-refractivity contribution in [1.82, 2.24) is 62.8 Å². The van der Waals surface area contributed by atoms with Crippen molar-refractivity contribution < 1.29 is 52.7 Å². The first-order valence-electron chi connectivity index (χ1n) is 28.5. The summed E-state index contributed by atoms with van der Waals surface area (Å²) in [5.74, 6) is -9.25. The van der Waals surface area contributed by atoms with Crippen LogP contribution in [0.5, 0.6) is 0 Å². The number of aromatic nitrogens is 3. The van der Waals surface area contributed by atoms with Crippen LogP contribution in [0.2, 0.25) is 0 Å². The maximum atomic E-state index is 14.5. The van der Waals surface area contributed by atoms with Gasteiger partial charge in [0.2, 0.25) is 59.1 Å². The van der Waals surface area contributed by atoms with Crippen molar-refractivity contribution in [3.8, 4) is 0 Å². The van der Waals surface area contributed by atoms with E-state index in [9.17, 15) is 52.7 Å². The summed E-state index contributed by atoms with van der Waals surface area (Å²) in [5.41, 5.74) is 19.8. The SMILES string of the molecule is CC(C)C[C@H](NC(=O)[C@H](CC(C)C)NC(=O)[C@H](Cc1c[nH]cn1)NC(=O)CNC(=O)[C@@H](NC(=O)[C@H](C)NC(=O)[C@H](Cc1c[nH]c2ccccc12)NC(=O)[C@H](CCC(N)=O)NC(=O)[C@@H](Cc1ccccc1)NC(=O)c1ccccc1N)C(C)C)C(N)=O. The third-order valence-corrected chi connectivity index (χ3v) is 13.9. The fraction of sp³-hybridized carbons (Fsp3) is 0.433. The van der Waals surface area contributed by atoms with E-state index in [2.05, 4.69) is 62.8 Å². The van der Waals surface area contributed by atoms with Crippen molar-refractivity contribution in [2.24, 2.45) is 29.2 Å². The van der Waals surface area contributed by atoms with E-state index in [0.29, 0.717) is 22.2 Å². The number of hydrogen-bond donors (Lipinski definition) is 14. The lowest BCUT2D eigenvalue weighted by Gasteiger charge is -2.27. The molecule has 0 saturated carbocycles. The van der Waals surface area contributed by atoms with Gasteiger partial charge in [0.05, 0.1) is 24.1 Å². The quantitative estimate of drug-likeness (QED) is 0.0252. The Labute approximate surface area is 498 Å². The van der Waals surface area contributed by atoms with Gasteiger partial charge >= 0.3 is 0 Å². The zero-order chi connectivity index (χ0) is 63.2. The summed E-state index contributed by atoms with van der Waals surface area (Å²) in [5, 5.41) is 24.4. The predicted molar refractivity (Wildman–Crippen MR) is 320 cm³/mol. The summed E-state index contributed by atoms with van der Waals surface area (Å²) >= 11 is 0. The van der Waals surface area contributed by atoms with Gasteiger partial charge in [-0.25, -0.2) is 4.98 Å². The lowest BCUT2D eigenvalue weighted by Crippen LogP contribution is -2.60. The van der Waals surface area contributed by atoms with Gasteiger partial charge in [0, 0.05) is 54.7 Å². The molecule has 26 heteroatoms. The smallest absolute Gasteiger partial charge is 0.254 e. The molecule has 0 aliphatic carbocycles. The second kappa shape index (κ2) is 32.4. The Morgan fingerprint density at radius 1 is 0.535 bits per heavy atom. The van der Waals surface area contributed by atoms with Crippen LogP contribution < -0.4 is 65.1 Å². The Kier molecular flexibility index (Phi) is 25.3. The number of carbonyl (C=O) groups excluding carboxylic acids is 11. The zero-order valence-corrected chi connectivity index (χ0v) is 49.4. The molecule has 86 heavy (non-hydrogen) atoms. The zero-order valence-electron chi connectivity index (χ0n) is 49.4. The predicted octanol–water partition coefficient (Wildman–Crippen LogP) is 0.328. The Morgan fingerprint density at radius 3 is 1.72 bits per heavy atom. The van der Waals surface area contributed by atoms with Crippen molar-refractivity contribution in [2.75, 3.05) is 12.3 Å². The standard InChI is InChI=1S/C60H81N15O11/c1-32(2)23-44(52(63)78)71-57(83)45(24-33(3)4)73-59(85)48(27-38-29-64-31-67-38)69-50(77)30-66-60(86)51(34(5)6)75-53(79)35(7)68-56(82)47(26-37-28-65-42-20-14-12-17-39(37)42)74-55(81)43(21-22-49(62)76)70-58(84)46(25-36-15-9-8-10-16-36)72-54(80)40-18-11-13-19-41(40)61/h8-20,28-29,31-35,43-48,51,65H,21-27,30,61H2,1-7H3,(H2,62,76)(H2,63,78)(H,64,67)(H,66,86)(H,68,82)(H,69,77)(H,70,84)(H,71,83)(H,72,80)(H,73,85)(H,74,81)(H,75,79)/t35-,43-,44-,45-,46+,47-,48-,51-/m0/s1. The van der Waals surface area contributed by atoms with Crippen molar-refractivity contribution in [3.05, 3.63) is 120 Å². The third kappa shape index (κ3) is 20.9. The summed E-state index contributed by atoms with van der Waals surface area (Å²) in [6.45, 7) is 11.3. The molecule has 0 aliphatic heterocycles. The number of rotatable bonds is 33. The number of benzene rings is 3. The minimum absolute atomic E-state index is 0.0130. The molecule has 0 bridgehead atoms. The summed E-state index contributed by atoms with van der Waals surface area (Å²) in [7, 11) is 0. The summed E-state index contributed by atoms with van der Waals surface area (Å²) < 4.78 is 0. The number of nitrogens with two attached hydrogens (primary N) is 3. The molecule has 5 rings (SSSR count). The van der Waals surface area contributed by atoms with Crippen molar-refractivity contribution in [2.45, 2.75) is 142 Å². The molecular formula is C60H81N15O11. The lowest BCUT2D eigenvalue weighted by atomic mass is 9.99.